The van der Waals surface area contributed by atoms with E-state index in [4.69, 9.17) is 10.9 Å². The van der Waals surface area contributed by atoms with Gasteiger partial charge in [-0.25, -0.2) is 0 Å². The standard InChI is InChI=1S/C15H23N3O/c1-15(2)7-6-13(9-15)17-10-11-4-3-5-12(8-11)14(16)18-19/h3-5,8,13,17,19H,6-7,9-10H2,1-2H3,(H2,16,18). The van der Waals surface area contributed by atoms with Gasteiger partial charge >= 0.3 is 0 Å². The predicted molar refractivity (Wildman–Crippen MR) is 77.2 cm³/mol. The Labute approximate surface area is 114 Å². The number of nitrogens with two attached hydrogens (primary N) is 1. The molecule has 0 heterocycles. The molecule has 0 spiro atoms. The molecule has 0 saturated heterocycles. The minimum Gasteiger partial charge on any atom is -0.409 e. The fourth-order valence-corrected chi connectivity index (χ4v) is 2.77. The first-order valence-corrected chi connectivity index (χ1v) is 6.80. The lowest BCUT2D eigenvalue weighted by Gasteiger charge is -2.18. The number of rotatable bonds is 4. The lowest BCUT2D eigenvalue weighted by atomic mass is 9.92. The number of amidine groups is 1. The number of hydrogen-bond donors (Lipinski definition) is 3. The molecule has 0 amide bonds. The maximum Gasteiger partial charge on any atom is 0.170 e. The van der Waals surface area contributed by atoms with Crippen LogP contribution in [0.15, 0.2) is 29.4 Å². The van der Waals surface area contributed by atoms with Crippen molar-refractivity contribution in [3.8, 4) is 0 Å². The van der Waals surface area contributed by atoms with Crippen molar-refractivity contribution in [2.75, 3.05) is 0 Å². The Balaban J connectivity index is 1.93. The van der Waals surface area contributed by atoms with Crippen LogP contribution in [0.25, 0.3) is 0 Å². The number of nitrogens with one attached hydrogen (secondary N) is 1. The van der Waals surface area contributed by atoms with Crippen LogP contribution in [-0.2, 0) is 6.54 Å². The molecule has 1 fully saturated rings. The van der Waals surface area contributed by atoms with Crippen molar-refractivity contribution in [1.29, 1.82) is 0 Å². The Morgan fingerprint density at radius 3 is 2.95 bits per heavy atom. The minimum absolute atomic E-state index is 0.156. The normalized spacial score (nSPS) is 22.6. The van der Waals surface area contributed by atoms with E-state index in [1.807, 2.05) is 18.2 Å². The Bertz CT molecular complexity index is 468. The molecule has 104 valence electrons. The summed E-state index contributed by atoms with van der Waals surface area (Å²) in [7, 11) is 0. The molecule has 4 N–H and O–H groups in total. The van der Waals surface area contributed by atoms with Gasteiger partial charge in [-0.2, -0.15) is 0 Å². The third-order valence-electron chi connectivity index (χ3n) is 3.89. The molecule has 1 atom stereocenters. The average Bonchev–Trinajstić information content (AvgIpc) is 2.75. The zero-order valence-electron chi connectivity index (χ0n) is 11.7. The quantitative estimate of drug-likeness (QED) is 0.337. The Morgan fingerprint density at radius 1 is 1.53 bits per heavy atom. The summed E-state index contributed by atoms with van der Waals surface area (Å²) in [5.74, 6) is 0.156. The zero-order valence-corrected chi connectivity index (χ0v) is 11.7. The Morgan fingerprint density at radius 2 is 2.32 bits per heavy atom. The van der Waals surface area contributed by atoms with E-state index >= 15 is 0 Å². The highest BCUT2D eigenvalue weighted by Gasteiger charge is 2.30. The molecule has 19 heavy (non-hydrogen) atoms. The van der Waals surface area contributed by atoms with Gasteiger partial charge < -0.3 is 16.3 Å². The van der Waals surface area contributed by atoms with Gasteiger partial charge in [0.1, 0.15) is 0 Å². The van der Waals surface area contributed by atoms with Crippen LogP contribution in [0.4, 0.5) is 0 Å². The van der Waals surface area contributed by atoms with Gasteiger partial charge in [0.05, 0.1) is 0 Å². The predicted octanol–water partition coefficient (Wildman–Crippen LogP) is 2.45. The second kappa shape index (κ2) is 5.61. The van der Waals surface area contributed by atoms with Crippen molar-refractivity contribution < 1.29 is 5.21 Å². The highest BCUT2D eigenvalue weighted by Crippen LogP contribution is 2.36. The first kappa shape index (κ1) is 13.9. The second-order valence-electron chi connectivity index (χ2n) is 6.17. The van der Waals surface area contributed by atoms with Crippen LogP contribution in [0, 0.1) is 5.41 Å². The van der Waals surface area contributed by atoms with E-state index in [-0.39, 0.29) is 5.84 Å². The molecule has 0 aliphatic heterocycles. The monoisotopic (exact) mass is 261 g/mol. The summed E-state index contributed by atoms with van der Waals surface area (Å²) >= 11 is 0. The number of nitrogens with zero attached hydrogens (tertiary/aromatic N) is 1. The van der Waals surface area contributed by atoms with Crippen LogP contribution in [0.3, 0.4) is 0 Å². The largest absolute Gasteiger partial charge is 0.409 e. The van der Waals surface area contributed by atoms with Gasteiger partial charge in [-0.3, -0.25) is 0 Å². The van der Waals surface area contributed by atoms with E-state index in [2.05, 4.69) is 30.4 Å². The number of hydrogen-bond acceptors (Lipinski definition) is 3. The van der Waals surface area contributed by atoms with Crippen LogP contribution in [0.5, 0.6) is 0 Å². The van der Waals surface area contributed by atoms with E-state index in [9.17, 15) is 0 Å². The topological polar surface area (TPSA) is 70.6 Å². The summed E-state index contributed by atoms with van der Waals surface area (Å²) in [6, 6.07) is 8.39. The average molecular weight is 261 g/mol. The molecule has 0 radical (unpaired) electrons. The fraction of sp³-hybridized carbons (Fsp3) is 0.533. The van der Waals surface area contributed by atoms with Crippen molar-refractivity contribution in [2.24, 2.45) is 16.3 Å². The van der Waals surface area contributed by atoms with Gasteiger partial charge in [-0.05, 0) is 36.3 Å². The van der Waals surface area contributed by atoms with Crippen molar-refractivity contribution in [3.63, 3.8) is 0 Å². The van der Waals surface area contributed by atoms with Crippen molar-refractivity contribution in [1.82, 2.24) is 5.32 Å². The molecule has 1 unspecified atom stereocenters. The van der Waals surface area contributed by atoms with Crippen LogP contribution in [-0.4, -0.2) is 17.1 Å². The summed E-state index contributed by atoms with van der Waals surface area (Å²) in [5, 5.41) is 15.3. The van der Waals surface area contributed by atoms with Crippen LogP contribution < -0.4 is 11.1 Å². The number of benzene rings is 1. The maximum atomic E-state index is 8.69. The SMILES string of the molecule is CC1(C)CCC(NCc2cccc(/C(N)=N/O)c2)C1. The summed E-state index contributed by atoms with van der Waals surface area (Å²) in [6.45, 7) is 5.48. The highest BCUT2D eigenvalue weighted by molar-refractivity contribution is 5.97. The fourth-order valence-electron chi connectivity index (χ4n) is 2.77. The van der Waals surface area contributed by atoms with E-state index in [0.29, 0.717) is 11.5 Å². The van der Waals surface area contributed by atoms with E-state index in [1.165, 1.54) is 19.3 Å². The molecule has 2 rings (SSSR count). The molecule has 0 aromatic heterocycles. The van der Waals surface area contributed by atoms with Gasteiger partial charge in [-0.15, -0.1) is 0 Å². The van der Waals surface area contributed by atoms with E-state index < -0.39 is 0 Å². The molecule has 4 nitrogen and oxygen atoms in total. The van der Waals surface area contributed by atoms with Gasteiger partial charge in [0, 0.05) is 18.2 Å². The third-order valence-corrected chi connectivity index (χ3v) is 3.89. The van der Waals surface area contributed by atoms with Gasteiger partial charge in [-0.1, -0.05) is 37.2 Å². The summed E-state index contributed by atoms with van der Waals surface area (Å²) in [4.78, 5) is 0. The molecular weight excluding hydrogens is 238 g/mol. The smallest absolute Gasteiger partial charge is 0.170 e. The van der Waals surface area contributed by atoms with Crippen molar-refractivity contribution in [2.45, 2.75) is 45.7 Å². The Hall–Kier alpha value is -1.55. The van der Waals surface area contributed by atoms with Gasteiger partial charge in [0.25, 0.3) is 0 Å². The molecule has 4 heteroatoms. The molecule has 1 saturated carbocycles. The summed E-state index contributed by atoms with van der Waals surface area (Å²) < 4.78 is 0. The first-order chi connectivity index (χ1) is 9.00. The van der Waals surface area contributed by atoms with Crippen molar-refractivity contribution in [3.05, 3.63) is 35.4 Å². The summed E-state index contributed by atoms with van der Waals surface area (Å²) in [5.41, 5.74) is 7.98. The minimum atomic E-state index is 0.156. The van der Waals surface area contributed by atoms with E-state index in [0.717, 1.165) is 17.7 Å². The van der Waals surface area contributed by atoms with Crippen molar-refractivity contribution >= 4 is 5.84 Å². The summed E-state index contributed by atoms with van der Waals surface area (Å²) in [6.07, 6.45) is 3.76. The van der Waals surface area contributed by atoms with Crippen LogP contribution >= 0.6 is 0 Å². The van der Waals surface area contributed by atoms with E-state index in [1.54, 1.807) is 0 Å². The zero-order chi connectivity index (χ0) is 13.9. The molecule has 1 aromatic carbocycles. The molecular formula is C15H23N3O. The molecule has 1 aromatic rings. The Kier molecular flexibility index (Phi) is 4.10. The lowest BCUT2D eigenvalue weighted by molar-refractivity contribution is 0.318. The third kappa shape index (κ3) is 3.70. The lowest BCUT2D eigenvalue weighted by Crippen LogP contribution is -2.27. The van der Waals surface area contributed by atoms with Gasteiger partial charge in [0.15, 0.2) is 5.84 Å². The number of oxime groups is 1. The maximum absolute atomic E-state index is 8.69. The molecule has 1 aliphatic rings. The first-order valence-electron chi connectivity index (χ1n) is 6.80. The molecule has 0 bridgehead atoms. The van der Waals surface area contributed by atoms with Crippen LogP contribution in [0.2, 0.25) is 0 Å². The second-order valence-corrected chi connectivity index (χ2v) is 6.17. The van der Waals surface area contributed by atoms with Crippen LogP contribution in [0.1, 0.15) is 44.2 Å². The van der Waals surface area contributed by atoms with Gasteiger partial charge in [0.2, 0.25) is 0 Å². The highest BCUT2D eigenvalue weighted by atomic mass is 16.4. The molecule has 1 aliphatic carbocycles.